The summed E-state index contributed by atoms with van der Waals surface area (Å²) in [5.41, 5.74) is 13.0. The normalized spacial score (nSPS) is 31.7. The van der Waals surface area contributed by atoms with Crippen LogP contribution in [0.5, 0.6) is 0 Å². The number of amides is 2. The van der Waals surface area contributed by atoms with Crippen molar-refractivity contribution in [2.75, 3.05) is 13.1 Å². The van der Waals surface area contributed by atoms with E-state index in [9.17, 15) is 18.0 Å². The number of carbonyl (C=O) groups is 1. The second kappa shape index (κ2) is 7.04. The number of primary amides is 1. The molecule has 4 N–H and O–H groups in total. The highest BCUT2D eigenvalue weighted by atomic mass is 19.2. The number of halogens is 3. The lowest BCUT2D eigenvalue weighted by atomic mass is 9.80. The number of urea groups is 1. The van der Waals surface area contributed by atoms with Gasteiger partial charge in [-0.15, -0.1) is 0 Å². The fraction of sp³-hybridized carbons (Fsp3) is 0.526. The number of nitrogens with two attached hydrogens (primary N) is 2. The average Bonchev–Trinajstić information content (AvgIpc) is 2.93. The van der Waals surface area contributed by atoms with E-state index in [4.69, 9.17) is 11.5 Å². The standard InChI is InChI=1S/C19H24F3N3O/c1-11-3-2-6-25(11,19(24)26)10-12-4-5-13(18(23)7-12)14-8-16(21)17(22)9-15(14)20/h4,8-9,11,13,18H,2-3,5-7,10,23H2,1H3,(H-,24,26)/p+1/t11-,13?,18?,25+/m1/s1. The Morgan fingerprint density at radius 3 is 2.50 bits per heavy atom. The molecule has 2 amide bonds. The Labute approximate surface area is 151 Å². The highest BCUT2D eigenvalue weighted by molar-refractivity contribution is 5.65. The van der Waals surface area contributed by atoms with Gasteiger partial charge in [-0.2, -0.15) is 0 Å². The Kier molecular flexibility index (Phi) is 5.12. The molecule has 1 aliphatic heterocycles. The van der Waals surface area contributed by atoms with Crippen molar-refractivity contribution in [1.82, 2.24) is 0 Å². The summed E-state index contributed by atoms with van der Waals surface area (Å²) in [6.07, 6.45) is 4.74. The molecule has 3 rings (SSSR count). The zero-order chi connectivity index (χ0) is 19.1. The molecule has 1 aliphatic carbocycles. The number of hydrogen-bond donors (Lipinski definition) is 2. The molecule has 0 aromatic heterocycles. The second-order valence-electron chi connectivity index (χ2n) is 7.61. The van der Waals surface area contributed by atoms with Crippen molar-refractivity contribution >= 4 is 6.03 Å². The molecule has 1 aromatic carbocycles. The van der Waals surface area contributed by atoms with Gasteiger partial charge >= 0.3 is 6.03 Å². The van der Waals surface area contributed by atoms with Crippen LogP contribution < -0.4 is 11.5 Å². The fourth-order valence-corrected chi connectivity index (χ4v) is 4.44. The summed E-state index contributed by atoms with van der Waals surface area (Å²) in [5.74, 6) is -3.49. The van der Waals surface area contributed by atoms with Crippen LogP contribution in [0.25, 0.3) is 0 Å². The average molecular weight is 368 g/mol. The lowest BCUT2D eigenvalue weighted by Crippen LogP contribution is -2.58. The Morgan fingerprint density at radius 1 is 1.23 bits per heavy atom. The van der Waals surface area contributed by atoms with Crippen LogP contribution >= 0.6 is 0 Å². The van der Waals surface area contributed by atoms with Crippen LogP contribution in [0.3, 0.4) is 0 Å². The molecule has 1 fully saturated rings. The van der Waals surface area contributed by atoms with Gasteiger partial charge in [0.15, 0.2) is 11.6 Å². The summed E-state index contributed by atoms with van der Waals surface area (Å²) < 4.78 is 41.0. The number of allylic oxidation sites excluding steroid dienone is 1. The van der Waals surface area contributed by atoms with Crippen molar-refractivity contribution in [2.45, 2.75) is 50.6 Å². The summed E-state index contributed by atoms with van der Waals surface area (Å²) in [5, 5.41) is 0. The van der Waals surface area contributed by atoms with E-state index in [2.05, 4.69) is 0 Å². The summed E-state index contributed by atoms with van der Waals surface area (Å²) in [7, 11) is 0. The summed E-state index contributed by atoms with van der Waals surface area (Å²) in [4.78, 5) is 12.1. The van der Waals surface area contributed by atoms with Crippen LogP contribution in [0.1, 0.15) is 44.1 Å². The molecular weight excluding hydrogens is 343 g/mol. The number of hydrogen-bond acceptors (Lipinski definition) is 2. The zero-order valence-corrected chi connectivity index (χ0v) is 14.9. The van der Waals surface area contributed by atoms with E-state index in [1.807, 2.05) is 13.0 Å². The van der Waals surface area contributed by atoms with Gasteiger partial charge in [0.05, 0.1) is 12.6 Å². The lowest BCUT2D eigenvalue weighted by molar-refractivity contribution is -0.854. The highest BCUT2D eigenvalue weighted by Gasteiger charge is 2.45. The van der Waals surface area contributed by atoms with Crippen LogP contribution in [-0.2, 0) is 0 Å². The molecule has 2 unspecified atom stereocenters. The molecule has 7 heteroatoms. The summed E-state index contributed by atoms with van der Waals surface area (Å²) in [6.45, 7) is 3.25. The van der Waals surface area contributed by atoms with Gasteiger partial charge in [-0.3, -0.25) is 0 Å². The lowest BCUT2D eigenvalue weighted by Gasteiger charge is -2.37. The molecule has 0 radical (unpaired) electrons. The molecule has 1 saturated heterocycles. The molecule has 4 atom stereocenters. The number of likely N-dealkylation sites (tertiary alicyclic amines) is 1. The van der Waals surface area contributed by atoms with Gasteiger partial charge in [0.25, 0.3) is 0 Å². The number of nitrogens with zero attached hydrogens (tertiary/aromatic N) is 1. The molecule has 0 spiro atoms. The van der Waals surface area contributed by atoms with Crippen molar-refractivity contribution in [1.29, 1.82) is 0 Å². The molecular formula is C19H25F3N3O+. The van der Waals surface area contributed by atoms with Crippen LogP contribution in [0, 0.1) is 17.5 Å². The first kappa shape index (κ1) is 18.9. The summed E-state index contributed by atoms with van der Waals surface area (Å²) >= 11 is 0. The smallest absolute Gasteiger partial charge is 0.327 e. The maximum Gasteiger partial charge on any atom is 0.414 e. The van der Waals surface area contributed by atoms with E-state index in [0.29, 0.717) is 32.0 Å². The molecule has 0 saturated carbocycles. The SMILES string of the molecule is C[C@@H]1CCC[N@@+]1(CC1=CCC(c2cc(F)c(F)cc2F)C(N)C1)C(N)=O. The Hall–Kier alpha value is -1.86. The van der Waals surface area contributed by atoms with E-state index < -0.39 is 29.4 Å². The summed E-state index contributed by atoms with van der Waals surface area (Å²) in [6, 6.07) is 0.855. The van der Waals surface area contributed by atoms with Crippen molar-refractivity contribution in [2.24, 2.45) is 11.5 Å². The first-order chi connectivity index (χ1) is 12.2. The molecule has 0 bridgehead atoms. The molecule has 26 heavy (non-hydrogen) atoms. The third-order valence-corrected chi connectivity index (χ3v) is 6.06. The van der Waals surface area contributed by atoms with Crippen LogP contribution in [0.15, 0.2) is 23.8 Å². The van der Waals surface area contributed by atoms with Gasteiger partial charge in [-0.25, -0.2) is 22.4 Å². The van der Waals surface area contributed by atoms with Crippen molar-refractivity contribution in [3.8, 4) is 0 Å². The topological polar surface area (TPSA) is 69.1 Å². The molecule has 2 aliphatic rings. The van der Waals surface area contributed by atoms with Crippen molar-refractivity contribution < 1.29 is 22.4 Å². The first-order valence-corrected chi connectivity index (χ1v) is 8.99. The number of rotatable bonds is 3. The quantitative estimate of drug-likeness (QED) is 0.488. The van der Waals surface area contributed by atoms with Gasteiger partial charge < -0.3 is 11.5 Å². The Bertz CT molecular complexity index is 752. The van der Waals surface area contributed by atoms with Gasteiger partial charge in [-0.05, 0) is 37.0 Å². The minimum atomic E-state index is -1.21. The van der Waals surface area contributed by atoms with E-state index >= 15 is 0 Å². The maximum atomic E-state index is 14.1. The number of quaternary nitrogens is 1. The van der Waals surface area contributed by atoms with Crippen LogP contribution in [0.4, 0.5) is 18.0 Å². The third kappa shape index (κ3) is 3.25. The second-order valence-corrected chi connectivity index (χ2v) is 7.61. The van der Waals surface area contributed by atoms with Gasteiger partial charge in [0, 0.05) is 30.9 Å². The maximum absolute atomic E-state index is 14.1. The zero-order valence-electron chi connectivity index (χ0n) is 14.9. The predicted octanol–water partition coefficient (Wildman–Crippen LogP) is 3.31. The molecule has 1 aromatic rings. The highest BCUT2D eigenvalue weighted by Crippen LogP contribution is 2.36. The fourth-order valence-electron chi connectivity index (χ4n) is 4.44. The number of benzene rings is 1. The van der Waals surface area contributed by atoms with Gasteiger partial charge in [0.2, 0.25) is 0 Å². The molecule has 1 heterocycles. The minimum Gasteiger partial charge on any atom is -0.327 e. The van der Waals surface area contributed by atoms with Crippen LogP contribution in [-0.4, -0.2) is 35.7 Å². The largest absolute Gasteiger partial charge is 0.414 e. The monoisotopic (exact) mass is 368 g/mol. The third-order valence-electron chi connectivity index (χ3n) is 6.06. The van der Waals surface area contributed by atoms with E-state index in [1.165, 1.54) is 0 Å². The molecule has 4 nitrogen and oxygen atoms in total. The van der Waals surface area contributed by atoms with E-state index in [-0.39, 0.29) is 22.1 Å². The predicted molar refractivity (Wildman–Crippen MR) is 92.6 cm³/mol. The van der Waals surface area contributed by atoms with E-state index in [1.54, 1.807) is 0 Å². The van der Waals surface area contributed by atoms with E-state index in [0.717, 1.165) is 24.5 Å². The van der Waals surface area contributed by atoms with Crippen molar-refractivity contribution in [3.05, 3.63) is 46.8 Å². The number of carbonyl (C=O) groups excluding carboxylic acids is 1. The Balaban J connectivity index is 1.81. The Morgan fingerprint density at radius 2 is 1.92 bits per heavy atom. The van der Waals surface area contributed by atoms with Crippen molar-refractivity contribution in [3.63, 3.8) is 0 Å². The van der Waals surface area contributed by atoms with Gasteiger partial charge in [-0.1, -0.05) is 6.08 Å². The first-order valence-electron chi connectivity index (χ1n) is 8.99. The van der Waals surface area contributed by atoms with Gasteiger partial charge in [0.1, 0.15) is 12.4 Å². The minimum absolute atomic E-state index is 0.0973. The molecule has 142 valence electrons. The van der Waals surface area contributed by atoms with Crippen LogP contribution in [0.2, 0.25) is 0 Å².